The number of hydrogen-bond donors (Lipinski definition) is 2. The van der Waals surface area contributed by atoms with Crippen LogP contribution in [0.15, 0.2) is 42.7 Å². The number of nitrogens with zero attached hydrogens (tertiary/aromatic N) is 2. The van der Waals surface area contributed by atoms with Crippen LogP contribution in [-0.2, 0) is 13.0 Å². The number of piperidine rings is 1. The highest BCUT2D eigenvalue weighted by atomic mass is 32.1. The van der Waals surface area contributed by atoms with Crippen LogP contribution >= 0.6 is 12.2 Å². The molecule has 30 heavy (non-hydrogen) atoms. The minimum absolute atomic E-state index is 0.0487. The zero-order chi connectivity index (χ0) is 21.9. The number of aryl methyl sites for hydroxylation is 1. The van der Waals surface area contributed by atoms with E-state index < -0.39 is 0 Å². The maximum Gasteiger partial charge on any atom is 0.173 e. The molecule has 1 aromatic heterocycles. The molecule has 3 rings (SSSR count). The van der Waals surface area contributed by atoms with E-state index in [1.54, 1.807) is 0 Å². The van der Waals surface area contributed by atoms with Crippen LogP contribution in [0.3, 0.4) is 0 Å². The zero-order valence-electron chi connectivity index (χ0n) is 19.2. The van der Waals surface area contributed by atoms with Gasteiger partial charge in [-0.05, 0) is 94.9 Å². The number of anilines is 1. The summed E-state index contributed by atoms with van der Waals surface area (Å²) >= 11 is 6.01. The van der Waals surface area contributed by atoms with Crippen LogP contribution in [0.25, 0.3) is 0 Å². The molecule has 2 heterocycles. The van der Waals surface area contributed by atoms with Gasteiger partial charge in [0.2, 0.25) is 0 Å². The molecule has 0 spiro atoms. The Hall–Kier alpha value is -1.98. The van der Waals surface area contributed by atoms with Gasteiger partial charge in [-0.25, -0.2) is 0 Å². The second-order valence-corrected chi connectivity index (χ2v) is 10.2. The summed E-state index contributed by atoms with van der Waals surface area (Å²) in [5, 5.41) is 8.17. The third-order valence-electron chi connectivity index (χ3n) is 5.95. The predicted molar refractivity (Wildman–Crippen MR) is 131 cm³/mol. The third kappa shape index (κ3) is 5.58. The van der Waals surface area contributed by atoms with E-state index in [1.165, 1.54) is 16.7 Å². The van der Waals surface area contributed by atoms with Crippen LogP contribution in [0.5, 0.6) is 0 Å². The van der Waals surface area contributed by atoms with Gasteiger partial charge in [0.25, 0.3) is 0 Å². The lowest BCUT2D eigenvalue weighted by Crippen LogP contribution is -2.63. The van der Waals surface area contributed by atoms with Crippen LogP contribution in [0.1, 0.15) is 64.2 Å². The normalized spacial score (nSPS) is 18.1. The van der Waals surface area contributed by atoms with Crippen molar-refractivity contribution in [2.45, 2.75) is 84.5 Å². The molecule has 0 amide bonds. The number of thiocarbonyl (C=S) groups is 1. The van der Waals surface area contributed by atoms with E-state index >= 15 is 0 Å². The Labute approximate surface area is 187 Å². The fraction of sp³-hybridized carbons (Fsp3) is 0.520. The molecule has 0 bridgehead atoms. The van der Waals surface area contributed by atoms with E-state index in [0.717, 1.165) is 36.6 Å². The molecule has 5 heteroatoms. The molecule has 2 N–H and O–H groups in total. The Morgan fingerprint density at radius 2 is 1.87 bits per heavy atom. The molecule has 0 atom stereocenters. The minimum Gasteiger partial charge on any atom is -0.342 e. The van der Waals surface area contributed by atoms with Gasteiger partial charge in [0, 0.05) is 41.7 Å². The van der Waals surface area contributed by atoms with Crippen LogP contribution < -0.4 is 10.6 Å². The summed E-state index contributed by atoms with van der Waals surface area (Å²) < 4.78 is 0. The molecule has 0 radical (unpaired) electrons. The van der Waals surface area contributed by atoms with E-state index in [0.29, 0.717) is 6.04 Å². The second kappa shape index (κ2) is 9.03. The molecule has 1 aromatic carbocycles. The average molecular weight is 425 g/mol. The van der Waals surface area contributed by atoms with Gasteiger partial charge < -0.3 is 15.5 Å². The number of aromatic nitrogens is 1. The number of pyridine rings is 1. The third-order valence-corrected chi connectivity index (χ3v) is 6.29. The smallest absolute Gasteiger partial charge is 0.173 e. The van der Waals surface area contributed by atoms with Gasteiger partial charge in [-0.2, -0.15) is 0 Å². The molecule has 162 valence electrons. The quantitative estimate of drug-likeness (QED) is 0.624. The fourth-order valence-corrected chi connectivity index (χ4v) is 5.34. The molecular weight excluding hydrogens is 388 g/mol. The lowest BCUT2D eigenvalue weighted by atomic mass is 9.79. The van der Waals surface area contributed by atoms with E-state index in [2.05, 4.69) is 86.3 Å². The molecule has 0 aliphatic carbocycles. The lowest BCUT2D eigenvalue weighted by Gasteiger charge is -2.50. The van der Waals surface area contributed by atoms with Gasteiger partial charge in [-0.15, -0.1) is 0 Å². The summed E-state index contributed by atoms with van der Waals surface area (Å²) in [6, 6.07) is 10.9. The maximum absolute atomic E-state index is 6.01. The first-order valence-electron chi connectivity index (χ1n) is 10.9. The van der Waals surface area contributed by atoms with Gasteiger partial charge >= 0.3 is 0 Å². The van der Waals surface area contributed by atoms with E-state index in [9.17, 15) is 0 Å². The van der Waals surface area contributed by atoms with Crippen molar-refractivity contribution in [3.8, 4) is 0 Å². The molecule has 0 saturated carbocycles. The SMILES string of the molecule is CCc1c(C)cccc1NC(=S)N(Cc1cccnc1)C1CC(C)(C)NC(C)(C)C1. The van der Waals surface area contributed by atoms with Crippen LogP contribution in [-0.4, -0.2) is 32.1 Å². The van der Waals surface area contributed by atoms with E-state index in [1.807, 2.05) is 18.5 Å². The van der Waals surface area contributed by atoms with Crippen LogP contribution in [0.2, 0.25) is 0 Å². The van der Waals surface area contributed by atoms with Gasteiger partial charge in [0.05, 0.1) is 0 Å². The summed E-state index contributed by atoms with van der Waals surface area (Å²) in [6.07, 6.45) is 6.81. The maximum atomic E-state index is 6.01. The van der Waals surface area contributed by atoms with Gasteiger partial charge in [-0.1, -0.05) is 25.1 Å². The van der Waals surface area contributed by atoms with Crippen molar-refractivity contribution in [3.05, 3.63) is 59.4 Å². The minimum atomic E-state index is 0.0487. The zero-order valence-corrected chi connectivity index (χ0v) is 20.1. The van der Waals surface area contributed by atoms with E-state index in [-0.39, 0.29) is 11.1 Å². The fourth-order valence-electron chi connectivity index (χ4n) is 5.02. The van der Waals surface area contributed by atoms with Gasteiger partial charge in [0.15, 0.2) is 5.11 Å². The topological polar surface area (TPSA) is 40.2 Å². The summed E-state index contributed by atoms with van der Waals surface area (Å²) in [7, 11) is 0. The highest BCUT2D eigenvalue weighted by Gasteiger charge is 2.40. The Balaban J connectivity index is 1.91. The van der Waals surface area contributed by atoms with Crippen molar-refractivity contribution in [1.29, 1.82) is 0 Å². The van der Waals surface area contributed by atoms with Crippen molar-refractivity contribution in [3.63, 3.8) is 0 Å². The molecular formula is C25H36N4S. The van der Waals surface area contributed by atoms with Crippen molar-refractivity contribution >= 4 is 23.0 Å². The predicted octanol–water partition coefficient (Wildman–Crippen LogP) is 5.46. The van der Waals surface area contributed by atoms with Gasteiger partial charge in [-0.3, -0.25) is 4.98 Å². The summed E-state index contributed by atoms with van der Waals surface area (Å²) in [4.78, 5) is 6.69. The highest BCUT2D eigenvalue weighted by Crippen LogP contribution is 2.33. The molecule has 1 fully saturated rings. The summed E-state index contributed by atoms with van der Waals surface area (Å²) in [6.45, 7) is 14.3. The lowest BCUT2D eigenvalue weighted by molar-refractivity contribution is 0.101. The number of rotatable bonds is 5. The Morgan fingerprint density at radius 1 is 1.17 bits per heavy atom. The van der Waals surface area contributed by atoms with Crippen molar-refractivity contribution in [1.82, 2.24) is 15.2 Å². The van der Waals surface area contributed by atoms with E-state index in [4.69, 9.17) is 12.2 Å². The monoisotopic (exact) mass is 424 g/mol. The summed E-state index contributed by atoms with van der Waals surface area (Å²) in [5.41, 5.74) is 5.02. The van der Waals surface area contributed by atoms with Crippen LogP contribution in [0.4, 0.5) is 5.69 Å². The van der Waals surface area contributed by atoms with Crippen molar-refractivity contribution in [2.24, 2.45) is 0 Å². The molecule has 1 aliphatic rings. The van der Waals surface area contributed by atoms with Crippen molar-refractivity contribution in [2.75, 3.05) is 5.32 Å². The number of hydrogen-bond acceptors (Lipinski definition) is 3. The first-order chi connectivity index (χ1) is 14.1. The first-order valence-corrected chi connectivity index (χ1v) is 11.4. The average Bonchev–Trinajstić information content (AvgIpc) is 2.64. The van der Waals surface area contributed by atoms with Crippen LogP contribution in [0, 0.1) is 6.92 Å². The summed E-state index contributed by atoms with van der Waals surface area (Å²) in [5.74, 6) is 0. The Morgan fingerprint density at radius 3 is 2.47 bits per heavy atom. The molecule has 2 aromatic rings. The molecule has 1 saturated heterocycles. The number of nitrogens with one attached hydrogen (secondary N) is 2. The Kier molecular flexibility index (Phi) is 6.83. The van der Waals surface area contributed by atoms with Gasteiger partial charge in [0.1, 0.15) is 0 Å². The largest absolute Gasteiger partial charge is 0.342 e. The van der Waals surface area contributed by atoms with Crippen molar-refractivity contribution < 1.29 is 0 Å². The molecule has 0 unspecified atom stereocenters. The first kappa shape index (κ1) is 22.7. The standard InChI is InChI=1S/C25H36N4S/c1-7-21-18(2)10-8-12-22(21)27-23(30)29(17-19-11-9-13-26-16-19)20-14-24(3,4)28-25(5,6)15-20/h8-13,16,20,28H,7,14-15,17H2,1-6H3,(H,27,30). The molecule has 4 nitrogen and oxygen atoms in total. The molecule has 1 aliphatic heterocycles. The Bertz CT molecular complexity index is 860. The second-order valence-electron chi connectivity index (χ2n) is 9.83. The number of benzene rings is 1. The highest BCUT2D eigenvalue weighted by molar-refractivity contribution is 7.80.